The molecular weight excluding hydrogens is 330 g/mol. The highest BCUT2D eigenvalue weighted by Crippen LogP contribution is 2.30. The summed E-state index contributed by atoms with van der Waals surface area (Å²) in [6.45, 7) is 10.2. The highest BCUT2D eigenvalue weighted by molar-refractivity contribution is 5.67. The van der Waals surface area contributed by atoms with Gasteiger partial charge in [0.1, 0.15) is 0 Å². The third-order valence-corrected chi connectivity index (χ3v) is 4.83. The van der Waals surface area contributed by atoms with E-state index in [0.717, 1.165) is 30.5 Å². The molecule has 2 aromatic rings. The van der Waals surface area contributed by atoms with Crippen molar-refractivity contribution in [3.8, 4) is 11.1 Å². The molecule has 0 bridgehead atoms. The van der Waals surface area contributed by atoms with Crippen LogP contribution in [0.25, 0.3) is 11.1 Å². The summed E-state index contributed by atoms with van der Waals surface area (Å²) < 4.78 is 0. The highest BCUT2D eigenvalue weighted by atomic mass is 35.5. The van der Waals surface area contributed by atoms with Gasteiger partial charge in [-0.3, -0.25) is 0 Å². The fraction of sp³-hybridized carbons (Fsp3) is 0.455. The van der Waals surface area contributed by atoms with Crippen molar-refractivity contribution in [1.29, 1.82) is 0 Å². The van der Waals surface area contributed by atoms with Gasteiger partial charge in [-0.2, -0.15) is 0 Å². The van der Waals surface area contributed by atoms with E-state index in [9.17, 15) is 5.11 Å². The van der Waals surface area contributed by atoms with Gasteiger partial charge in [0, 0.05) is 0 Å². The van der Waals surface area contributed by atoms with Crippen LogP contribution in [-0.2, 0) is 0 Å². The topological polar surface area (TPSA) is 24.7 Å². The Balaban J connectivity index is 0.00000312. The number of aliphatic hydroxyl groups excluding tert-OH is 1. The van der Waals surface area contributed by atoms with Crippen LogP contribution in [0.5, 0.6) is 0 Å². The van der Waals surface area contributed by atoms with E-state index in [1.165, 1.54) is 5.56 Å². The van der Waals surface area contributed by atoms with E-state index in [1.54, 1.807) is 4.90 Å². The summed E-state index contributed by atoms with van der Waals surface area (Å²) in [5, 5.41) is 10.7. The minimum Gasteiger partial charge on any atom is -1.00 e. The molecule has 25 heavy (non-hydrogen) atoms. The molecule has 0 saturated carbocycles. The second kappa shape index (κ2) is 10.6. The smallest absolute Gasteiger partial charge is 0.0819 e. The Labute approximate surface area is 159 Å². The average Bonchev–Trinajstić information content (AvgIpc) is 2.58. The molecule has 1 unspecified atom stereocenters. The summed E-state index contributed by atoms with van der Waals surface area (Å²) in [5.74, 6) is 0. The summed E-state index contributed by atoms with van der Waals surface area (Å²) in [6.07, 6.45) is 1.45. The van der Waals surface area contributed by atoms with Crippen molar-refractivity contribution >= 4 is 0 Å². The Morgan fingerprint density at radius 3 is 2.00 bits per heavy atom. The van der Waals surface area contributed by atoms with Gasteiger partial charge in [0.15, 0.2) is 0 Å². The number of halogens is 1. The van der Waals surface area contributed by atoms with Gasteiger partial charge >= 0.3 is 0 Å². The molecule has 138 valence electrons. The van der Waals surface area contributed by atoms with Gasteiger partial charge in [-0.25, -0.2) is 0 Å². The monoisotopic (exact) mass is 361 g/mol. The number of benzene rings is 2. The first-order valence-electron chi connectivity index (χ1n) is 9.18. The molecule has 0 aliphatic rings. The maximum Gasteiger partial charge on any atom is 0.0819 e. The van der Waals surface area contributed by atoms with Crippen molar-refractivity contribution in [3.63, 3.8) is 0 Å². The molecule has 0 radical (unpaired) electrons. The summed E-state index contributed by atoms with van der Waals surface area (Å²) in [5.41, 5.74) is 3.35. The van der Waals surface area contributed by atoms with E-state index in [0.29, 0.717) is 12.1 Å². The number of hydrogen-bond donors (Lipinski definition) is 2. The Bertz CT molecular complexity index is 604. The van der Waals surface area contributed by atoms with Crippen LogP contribution in [0.15, 0.2) is 54.6 Å². The lowest BCUT2D eigenvalue weighted by Crippen LogP contribution is -3.17. The Morgan fingerprint density at radius 2 is 1.40 bits per heavy atom. The molecule has 0 spiro atoms. The Morgan fingerprint density at radius 1 is 0.840 bits per heavy atom. The fourth-order valence-corrected chi connectivity index (χ4v) is 3.57. The van der Waals surface area contributed by atoms with Crippen LogP contribution < -0.4 is 17.3 Å². The van der Waals surface area contributed by atoms with E-state index in [2.05, 4.69) is 52.0 Å². The minimum atomic E-state index is -0.401. The third-order valence-electron chi connectivity index (χ3n) is 4.83. The highest BCUT2D eigenvalue weighted by Gasteiger charge is 2.18. The van der Waals surface area contributed by atoms with Gasteiger partial charge < -0.3 is 22.4 Å². The van der Waals surface area contributed by atoms with E-state index < -0.39 is 6.10 Å². The van der Waals surface area contributed by atoms with E-state index >= 15 is 0 Å². The van der Waals surface area contributed by atoms with E-state index in [-0.39, 0.29) is 12.4 Å². The van der Waals surface area contributed by atoms with Crippen molar-refractivity contribution in [3.05, 3.63) is 60.2 Å². The van der Waals surface area contributed by atoms with Gasteiger partial charge in [-0.1, -0.05) is 54.6 Å². The van der Waals surface area contributed by atoms with Gasteiger partial charge in [0.2, 0.25) is 0 Å². The number of aliphatic hydroxyl groups is 1. The van der Waals surface area contributed by atoms with Crippen molar-refractivity contribution < 1.29 is 22.4 Å². The second-order valence-electron chi connectivity index (χ2n) is 7.25. The normalized spacial score (nSPS) is 12.5. The van der Waals surface area contributed by atoms with E-state index in [1.807, 2.05) is 30.3 Å². The first-order chi connectivity index (χ1) is 11.5. The minimum absolute atomic E-state index is 0. The van der Waals surface area contributed by atoms with Crippen molar-refractivity contribution in [2.24, 2.45) is 0 Å². The molecule has 2 N–H and O–H groups in total. The van der Waals surface area contributed by atoms with Crippen LogP contribution in [0.1, 0.15) is 52.2 Å². The quantitative estimate of drug-likeness (QED) is 0.716. The molecular formula is C22H32ClNO. The molecule has 3 heteroatoms. The lowest BCUT2D eigenvalue weighted by molar-refractivity contribution is -0.942. The lowest BCUT2D eigenvalue weighted by Gasteiger charge is -2.27. The molecule has 2 rings (SSSR count). The van der Waals surface area contributed by atoms with Crippen LogP contribution in [0.3, 0.4) is 0 Å². The van der Waals surface area contributed by atoms with Gasteiger partial charge in [-0.05, 0) is 57.2 Å². The third kappa shape index (κ3) is 6.14. The zero-order valence-corrected chi connectivity index (χ0v) is 16.6. The van der Waals surface area contributed by atoms with Crippen molar-refractivity contribution in [2.45, 2.75) is 58.7 Å². The van der Waals surface area contributed by atoms with Crippen LogP contribution in [0, 0.1) is 0 Å². The van der Waals surface area contributed by atoms with Crippen LogP contribution >= 0.6 is 0 Å². The lowest BCUT2D eigenvalue weighted by atomic mass is 9.94. The van der Waals surface area contributed by atoms with Crippen LogP contribution in [0.2, 0.25) is 0 Å². The van der Waals surface area contributed by atoms with Crippen LogP contribution in [-0.4, -0.2) is 23.7 Å². The number of quaternary nitrogens is 1. The SMILES string of the molecule is CC(C)[NH+](CCCC(O)c1ccccc1-c1ccccc1)C(C)C.[Cl-]. The standard InChI is InChI=1S/C22H31NO.ClH/c1-17(2)23(18(3)4)16-10-15-22(24)21-14-9-8-13-20(21)19-11-6-5-7-12-19;/h5-9,11-14,17-18,22,24H,10,15-16H2,1-4H3;1H. The van der Waals surface area contributed by atoms with Gasteiger partial charge in [0.05, 0.1) is 24.7 Å². The number of hydrogen-bond acceptors (Lipinski definition) is 1. The molecule has 0 aliphatic carbocycles. The zero-order valence-electron chi connectivity index (χ0n) is 15.9. The number of rotatable bonds is 8. The second-order valence-corrected chi connectivity index (χ2v) is 7.25. The maximum atomic E-state index is 10.7. The van der Waals surface area contributed by atoms with Gasteiger partial charge in [-0.15, -0.1) is 0 Å². The molecule has 2 nitrogen and oxygen atoms in total. The predicted octanol–water partition coefficient (Wildman–Crippen LogP) is 0.873. The average molecular weight is 362 g/mol. The summed E-state index contributed by atoms with van der Waals surface area (Å²) in [7, 11) is 0. The molecule has 0 amide bonds. The zero-order chi connectivity index (χ0) is 17.5. The molecule has 0 aromatic heterocycles. The summed E-state index contributed by atoms with van der Waals surface area (Å²) in [6, 6.07) is 19.8. The Hall–Kier alpha value is -1.35. The van der Waals surface area contributed by atoms with Crippen LogP contribution in [0.4, 0.5) is 0 Å². The largest absolute Gasteiger partial charge is 1.00 e. The predicted molar refractivity (Wildman–Crippen MR) is 102 cm³/mol. The molecule has 1 atom stereocenters. The molecule has 0 heterocycles. The first kappa shape index (κ1) is 21.7. The number of nitrogens with one attached hydrogen (secondary N) is 1. The molecule has 0 aliphatic heterocycles. The van der Waals surface area contributed by atoms with Gasteiger partial charge in [0.25, 0.3) is 0 Å². The maximum absolute atomic E-state index is 10.7. The first-order valence-corrected chi connectivity index (χ1v) is 9.18. The molecule has 0 saturated heterocycles. The molecule has 0 fully saturated rings. The summed E-state index contributed by atoms with van der Waals surface area (Å²) >= 11 is 0. The summed E-state index contributed by atoms with van der Waals surface area (Å²) in [4.78, 5) is 1.61. The fourth-order valence-electron chi connectivity index (χ4n) is 3.57. The van der Waals surface area contributed by atoms with E-state index in [4.69, 9.17) is 0 Å². The molecule has 2 aromatic carbocycles. The van der Waals surface area contributed by atoms with Crippen molar-refractivity contribution in [2.75, 3.05) is 6.54 Å². The Kier molecular flexibility index (Phi) is 9.20. The van der Waals surface area contributed by atoms with Crippen molar-refractivity contribution in [1.82, 2.24) is 0 Å².